The molecule has 6 heteroatoms. The van der Waals surface area contributed by atoms with Crippen molar-refractivity contribution >= 4 is 23.4 Å². The van der Waals surface area contributed by atoms with Crippen LogP contribution in [0.15, 0.2) is 18.2 Å². The van der Waals surface area contributed by atoms with E-state index in [1.807, 2.05) is 6.07 Å². The van der Waals surface area contributed by atoms with Crippen molar-refractivity contribution in [2.24, 2.45) is 17.1 Å². The van der Waals surface area contributed by atoms with E-state index in [9.17, 15) is 9.59 Å². The van der Waals surface area contributed by atoms with Crippen molar-refractivity contribution < 1.29 is 14.3 Å². The van der Waals surface area contributed by atoms with Gasteiger partial charge in [-0.15, -0.1) is 0 Å². The maximum Gasteiger partial charge on any atom is 0.255 e. The smallest absolute Gasteiger partial charge is 0.255 e. The van der Waals surface area contributed by atoms with E-state index < -0.39 is 5.91 Å². The Morgan fingerprint density at radius 3 is 2.63 bits per heavy atom. The van der Waals surface area contributed by atoms with Crippen molar-refractivity contribution in [3.8, 4) is 5.75 Å². The number of hydrogen-bond donors (Lipinski definition) is 1. The summed E-state index contributed by atoms with van der Waals surface area (Å²) in [5.74, 6) is 0.240. The molecule has 1 aliphatic heterocycles. The molecule has 1 unspecified atom stereocenters. The average Bonchev–Trinajstić information content (AvgIpc) is 2.96. The van der Waals surface area contributed by atoms with Gasteiger partial charge in [-0.25, -0.2) is 0 Å². The lowest BCUT2D eigenvalue weighted by Gasteiger charge is -2.38. The number of nitrogens with two attached hydrogens (primary N) is 1. The van der Waals surface area contributed by atoms with Gasteiger partial charge in [-0.05, 0) is 61.6 Å². The Balaban J connectivity index is 1.59. The normalized spacial score (nSPS) is 22.9. The van der Waals surface area contributed by atoms with Crippen molar-refractivity contribution in [2.45, 2.75) is 58.4 Å². The average molecular weight is 393 g/mol. The van der Waals surface area contributed by atoms with Gasteiger partial charge < -0.3 is 15.4 Å². The topological polar surface area (TPSA) is 72.6 Å². The zero-order chi connectivity index (χ0) is 19.6. The molecule has 1 heterocycles. The fraction of sp³-hybridized carbons (Fsp3) is 0.619. The molecule has 0 radical (unpaired) electrons. The largest absolute Gasteiger partial charge is 0.484 e. The van der Waals surface area contributed by atoms with E-state index in [1.54, 1.807) is 12.1 Å². The van der Waals surface area contributed by atoms with Crippen LogP contribution in [0.25, 0.3) is 0 Å². The SMILES string of the molecule is CC1(C)CCC(N2CCC(Cc3ccc(OCC(N)=O)cc3Cl)C2=O)CC1. The Morgan fingerprint density at radius 1 is 1.30 bits per heavy atom. The number of ether oxygens (including phenoxy) is 1. The number of halogens is 1. The van der Waals surface area contributed by atoms with E-state index in [4.69, 9.17) is 22.1 Å². The monoisotopic (exact) mass is 392 g/mol. The third-order valence-corrected chi connectivity index (χ3v) is 6.32. The fourth-order valence-electron chi connectivity index (χ4n) is 4.21. The van der Waals surface area contributed by atoms with Crippen LogP contribution in [-0.2, 0) is 16.0 Å². The predicted molar refractivity (Wildman–Crippen MR) is 106 cm³/mol. The van der Waals surface area contributed by atoms with Crippen molar-refractivity contribution in [1.82, 2.24) is 4.90 Å². The molecule has 2 N–H and O–H groups in total. The molecule has 1 atom stereocenters. The molecule has 148 valence electrons. The Kier molecular flexibility index (Phi) is 5.99. The van der Waals surface area contributed by atoms with Crippen LogP contribution in [0.2, 0.25) is 5.02 Å². The zero-order valence-corrected chi connectivity index (χ0v) is 16.9. The number of carbonyl (C=O) groups excluding carboxylic acids is 2. The number of rotatable bonds is 6. The van der Waals surface area contributed by atoms with Gasteiger partial charge in [0.05, 0.1) is 0 Å². The first-order valence-corrected chi connectivity index (χ1v) is 10.1. The third kappa shape index (κ3) is 4.95. The Morgan fingerprint density at radius 2 is 2.00 bits per heavy atom. The summed E-state index contributed by atoms with van der Waals surface area (Å²) >= 11 is 6.37. The summed E-state index contributed by atoms with van der Waals surface area (Å²) in [6.07, 6.45) is 6.11. The van der Waals surface area contributed by atoms with E-state index in [-0.39, 0.29) is 18.4 Å². The highest BCUT2D eigenvalue weighted by molar-refractivity contribution is 6.31. The second-order valence-electron chi connectivity index (χ2n) is 8.62. The molecule has 3 rings (SSSR count). The number of benzene rings is 1. The number of hydrogen-bond acceptors (Lipinski definition) is 3. The summed E-state index contributed by atoms with van der Waals surface area (Å²) < 4.78 is 5.27. The first kappa shape index (κ1) is 20.0. The first-order chi connectivity index (χ1) is 12.7. The maximum atomic E-state index is 12.9. The molecule has 2 amide bonds. The molecule has 1 aromatic carbocycles. The van der Waals surface area contributed by atoms with Gasteiger partial charge in [-0.2, -0.15) is 0 Å². The van der Waals surface area contributed by atoms with Crippen LogP contribution in [0.4, 0.5) is 0 Å². The summed E-state index contributed by atoms with van der Waals surface area (Å²) in [4.78, 5) is 25.9. The summed E-state index contributed by atoms with van der Waals surface area (Å²) in [5.41, 5.74) is 6.43. The van der Waals surface area contributed by atoms with Crippen molar-refractivity contribution in [3.63, 3.8) is 0 Å². The van der Waals surface area contributed by atoms with Crippen LogP contribution < -0.4 is 10.5 Å². The lowest BCUT2D eigenvalue weighted by Crippen LogP contribution is -2.41. The second-order valence-corrected chi connectivity index (χ2v) is 9.03. The van der Waals surface area contributed by atoms with E-state index >= 15 is 0 Å². The van der Waals surface area contributed by atoms with E-state index in [1.165, 1.54) is 12.8 Å². The summed E-state index contributed by atoms with van der Waals surface area (Å²) in [5, 5.41) is 0.558. The maximum absolute atomic E-state index is 12.9. The predicted octanol–water partition coefficient (Wildman–Crippen LogP) is 3.56. The number of amides is 2. The quantitative estimate of drug-likeness (QED) is 0.804. The Labute approximate surface area is 166 Å². The van der Waals surface area contributed by atoms with Crippen LogP contribution in [0, 0.1) is 11.3 Å². The van der Waals surface area contributed by atoms with E-state index in [0.29, 0.717) is 28.6 Å². The molecule has 0 aromatic heterocycles. The molecule has 1 aliphatic carbocycles. The highest BCUT2D eigenvalue weighted by Crippen LogP contribution is 2.39. The van der Waals surface area contributed by atoms with Gasteiger partial charge in [0, 0.05) is 23.5 Å². The minimum Gasteiger partial charge on any atom is -0.484 e. The van der Waals surface area contributed by atoms with Crippen molar-refractivity contribution in [1.29, 1.82) is 0 Å². The van der Waals surface area contributed by atoms with Crippen LogP contribution in [0.5, 0.6) is 5.75 Å². The van der Waals surface area contributed by atoms with Gasteiger partial charge in [0.1, 0.15) is 5.75 Å². The van der Waals surface area contributed by atoms with Crippen molar-refractivity contribution in [2.75, 3.05) is 13.2 Å². The molecule has 5 nitrogen and oxygen atoms in total. The number of nitrogens with zero attached hydrogens (tertiary/aromatic N) is 1. The van der Waals surface area contributed by atoms with E-state index in [0.717, 1.165) is 31.4 Å². The second kappa shape index (κ2) is 8.09. The van der Waals surface area contributed by atoms with Gasteiger partial charge in [0.2, 0.25) is 5.91 Å². The highest BCUT2D eigenvalue weighted by Gasteiger charge is 2.38. The van der Waals surface area contributed by atoms with Gasteiger partial charge in [-0.1, -0.05) is 31.5 Å². The first-order valence-electron chi connectivity index (χ1n) is 9.75. The van der Waals surface area contributed by atoms with Crippen LogP contribution in [0.3, 0.4) is 0 Å². The lowest BCUT2D eigenvalue weighted by molar-refractivity contribution is -0.133. The third-order valence-electron chi connectivity index (χ3n) is 5.97. The molecule has 27 heavy (non-hydrogen) atoms. The number of primary amides is 1. The standard InChI is InChI=1S/C21H29ClN2O3/c1-21(2)8-5-16(6-9-21)24-10-7-15(20(24)26)11-14-3-4-17(12-18(14)22)27-13-19(23)25/h3-4,12,15-16H,5-11,13H2,1-2H3,(H2,23,25). The fourth-order valence-corrected chi connectivity index (χ4v) is 4.46. The number of likely N-dealkylation sites (tertiary alicyclic amines) is 1. The van der Waals surface area contributed by atoms with Gasteiger partial charge in [0.25, 0.3) is 5.91 Å². The summed E-state index contributed by atoms with van der Waals surface area (Å²) in [7, 11) is 0. The molecule has 0 bridgehead atoms. The van der Waals surface area contributed by atoms with E-state index in [2.05, 4.69) is 18.7 Å². The van der Waals surface area contributed by atoms with Gasteiger partial charge >= 0.3 is 0 Å². The van der Waals surface area contributed by atoms with Crippen LogP contribution in [-0.4, -0.2) is 35.9 Å². The van der Waals surface area contributed by atoms with Crippen LogP contribution in [0.1, 0.15) is 51.5 Å². The number of carbonyl (C=O) groups is 2. The summed E-state index contributed by atoms with van der Waals surface area (Å²) in [6, 6.07) is 5.72. The zero-order valence-electron chi connectivity index (χ0n) is 16.2. The molecule has 1 aromatic rings. The highest BCUT2D eigenvalue weighted by atomic mass is 35.5. The Hall–Kier alpha value is -1.75. The molecular weight excluding hydrogens is 364 g/mol. The molecule has 1 saturated heterocycles. The molecule has 2 fully saturated rings. The van der Waals surface area contributed by atoms with Gasteiger partial charge in [-0.3, -0.25) is 9.59 Å². The lowest BCUT2D eigenvalue weighted by atomic mass is 9.75. The molecular formula is C21H29ClN2O3. The van der Waals surface area contributed by atoms with Gasteiger partial charge in [0.15, 0.2) is 6.61 Å². The minimum absolute atomic E-state index is 0.00479. The molecule has 2 aliphatic rings. The molecule has 1 saturated carbocycles. The van der Waals surface area contributed by atoms with Crippen LogP contribution >= 0.6 is 11.6 Å². The Bertz CT molecular complexity index is 709. The summed E-state index contributed by atoms with van der Waals surface area (Å²) in [6.45, 7) is 5.31. The van der Waals surface area contributed by atoms with Crippen molar-refractivity contribution in [3.05, 3.63) is 28.8 Å². The molecule has 0 spiro atoms. The minimum atomic E-state index is -0.530.